The van der Waals surface area contributed by atoms with Crippen LogP contribution in [0, 0.1) is 6.92 Å². The van der Waals surface area contributed by atoms with E-state index in [1.54, 1.807) is 27.7 Å². The highest BCUT2D eigenvalue weighted by molar-refractivity contribution is 6.30. The van der Waals surface area contributed by atoms with Crippen LogP contribution in [-0.4, -0.2) is 47.7 Å². The summed E-state index contributed by atoms with van der Waals surface area (Å²) >= 11 is 5.92. The molecule has 1 heterocycles. The standard InChI is InChI=1S/C19H25ClF3N3O5/c1-6-30-16(28)12(25-14(27)9-24-17(29)31-18(3,4)5)8-11-10(2)7-13(19(21,22)23)26-15(11)20/h7,12H,6,8-9H2,1-5H3,(H,24,29)(H,25,27). The minimum absolute atomic E-state index is 0.0132. The van der Waals surface area contributed by atoms with Crippen LogP contribution in [0.25, 0.3) is 0 Å². The van der Waals surface area contributed by atoms with Crippen molar-refractivity contribution in [2.45, 2.75) is 58.9 Å². The molecular formula is C19H25ClF3N3O5. The smallest absolute Gasteiger partial charge is 0.433 e. The van der Waals surface area contributed by atoms with Crippen molar-refractivity contribution in [3.05, 3.63) is 28.0 Å². The van der Waals surface area contributed by atoms with Crippen molar-refractivity contribution in [2.24, 2.45) is 0 Å². The van der Waals surface area contributed by atoms with Crippen molar-refractivity contribution in [1.29, 1.82) is 0 Å². The minimum Gasteiger partial charge on any atom is -0.464 e. The number of ether oxygens (including phenoxy) is 2. The predicted molar refractivity (Wildman–Crippen MR) is 105 cm³/mol. The van der Waals surface area contributed by atoms with Crippen LogP contribution in [0.5, 0.6) is 0 Å². The van der Waals surface area contributed by atoms with Crippen molar-refractivity contribution in [3.63, 3.8) is 0 Å². The average Bonchev–Trinajstić information content (AvgIpc) is 2.59. The minimum atomic E-state index is -4.69. The highest BCUT2D eigenvalue weighted by Crippen LogP contribution is 2.31. The zero-order chi connectivity index (χ0) is 24.0. The molecular weight excluding hydrogens is 443 g/mol. The highest BCUT2D eigenvalue weighted by Gasteiger charge is 2.34. The number of alkyl carbamates (subject to hydrolysis) is 1. The number of rotatable bonds is 7. The molecule has 12 heteroatoms. The van der Waals surface area contributed by atoms with E-state index in [0.717, 1.165) is 6.07 Å². The number of halogens is 4. The maximum absolute atomic E-state index is 12.9. The number of hydrogen-bond acceptors (Lipinski definition) is 6. The third-order valence-electron chi connectivity index (χ3n) is 3.69. The Balaban J connectivity index is 2.95. The van der Waals surface area contributed by atoms with Gasteiger partial charge in [0.05, 0.1) is 6.61 Å². The van der Waals surface area contributed by atoms with Gasteiger partial charge in [-0.3, -0.25) is 4.79 Å². The summed E-state index contributed by atoms with van der Waals surface area (Å²) in [6, 6.07) is -0.461. The molecule has 0 bridgehead atoms. The Bertz CT molecular complexity index is 802. The lowest BCUT2D eigenvalue weighted by atomic mass is 10.0. The summed E-state index contributed by atoms with van der Waals surface area (Å²) in [5, 5.41) is 4.17. The summed E-state index contributed by atoms with van der Waals surface area (Å²) in [7, 11) is 0. The van der Waals surface area contributed by atoms with Gasteiger partial charge in [0.25, 0.3) is 0 Å². The predicted octanol–water partition coefficient (Wildman–Crippen LogP) is 3.18. The Kier molecular flexibility index (Phi) is 9.10. The third kappa shape index (κ3) is 8.99. The van der Waals surface area contributed by atoms with Gasteiger partial charge >= 0.3 is 18.2 Å². The Morgan fingerprint density at radius 3 is 2.32 bits per heavy atom. The molecule has 0 aliphatic carbocycles. The molecule has 1 unspecified atom stereocenters. The molecule has 0 aliphatic heterocycles. The van der Waals surface area contributed by atoms with E-state index in [9.17, 15) is 27.6 Å². The van der Waals surface area contributed by atoms with Crippen LogP contribution in [0.4, 0.5) is 18.0 Å². The summed E-state index contributed by atoms with van der Waals surface area (Å²) < 4.78 is 48.6. The van der Waals surface area contributed by atoms with Gasteiger partial charge in [0.15, 0.2) is 0 Å². The number of esters is 1. The molecule has 2 amide bonds. The summed E-state index contributed by atoms with van der Waals surface area (Å²) in [5.41, 5.74) is -1.65. The fourth-order valence-corrected chi connectivity index (χ4v) is 2.72. The number of amides is 2. The summed E-state index contributed by atoms with van der Waals surface area (Å²) in [5.74, 6) is -1.55. The van der Waals surface area contributed by atoms with Gasteiger partial charge in [-0.15, -0.1) is 0 Å². The van der Waals surface area contributed by atoms with Crippen molar-refractivity contribution in [1.82, 2.24) is 15.6 Å². The topological polar surface area (TPSA) is 107 Å². The lowest BCUT2D eigenvalue weighted by molar-refractivity contribution is -0.147. The number of aryl methyl sites for hydroxylation is 1. The van der Waals surface area contributed by atoms with E-state index < -0.39 is 53.2 Å². The second-order valence-corrected chi connectivity index (χ2v) is 7.88. The maximum atomic E-state index is 12.9. The van der Waals surface area contributed by atoms with Gasteiger partial charge in [0.1, 0.15) is 29.0 Å². The molecule has 1 rings (SSSR count). The molecule has 1 aromatic rings. The normalized spacial score (nSPS) is 12.7. The Morgan fingerprint density at radius 2 is 1.84 bits per heavy atom. The number of nitrogens with zero attached hydrogens (tertiary/aromatic N) is 1. The third-order valence-corrected chi connectivity index (χ3v) is 4.01. The molecule has 0 radical (unpaired) electrons. The summed E-state index contributed by atoms with van der Waals surface area (Å²) in [6.07, 6.45) is -5.77. The molecule has 1 aromatic heterocycles. The Labute approximate surface area is 182 Å². The van der Waals surface area contributed by atoms with Gasteiger partial charge < -0.3 is 20.1 Å². The van der Waals surface area contributed by atoms with Gasteiger partial charge in [0, 0.05) is 6.42 Å². The van der Waals surface area contributed by atoms with Crippen LogP contribution in [0.3, 0.4) is 0 Å². The average molecular weight is 468 g/mol. The molecule has 1 atom stereocenters. The molecule has 0 aliphatic rings. The Hall–Kier alpha value is -2.56. The lowest BCUT2D eigenvalue weighted by Gasteiger charge is -2.21. The molecule has 0 aromatic carbocycles. The van der Waals surface area contributed by atoms with E-state index in [1.807, 2.05) is 0 Å². The van der Waals surface area contributed by atoms with Crippen molar-refractivity contribution < 1.29 is 37.0 Å². The first kappa shape index (κ1) is 26.5. The highest BCUT2D eigenvalue weighted by atomic mass is 35.5. The number of alkyl halides is 3. The van der Waals surface area contributed by atoms with E-state index in [4.69, 9.17) is 21.1 Å². The fourth-order valence-electron chi connectivity index (χ4n) is 2.40. The monoisotopic (exact) mass is 467 g/mol. The molecule has 2 N–H and O–H groups in total. The number of carbonyl (C=O) groups is 3. The molecule has 8 nitrogen and oxygen atoms in total. The van der Waals surface area contributed by atoms with Crippen molar-refractivity contribution in [2.75, 3.05) is 13.2 Å². The molecule has 174 valence electrons. The zero-order valence-electron chi connectivity index (χ0n) is 17.8. The number of pyridine rings is 1. The van der Waals surface area contributed by atoms with E-state index >= 15 is 0 Å². The number of carbonyl (C=O) groups excluding carboxylic acids is 3. The van der Waals surface area contributed by atoms with Crippen LogP contribution in [0.15, 0.2) is 6.07 Å². The second-order valence-electron chi connectivity index (χ2n) is 7.52. The maximum Gasteiger partial charge on any atom is 0.433 e. The van der Waals surface area contributed by atoms with Crippen molar-refractivity contribution >= 4 is 29.6 Å². The quantitative estimate of drug-likeness (QED) is 0.471. The first-order valence-corrected chi connectivity index (χ1v) is 9.68. The SMILES string of the molecule is CCOC(=O)C(Cc1c(C)cc(C(F)(F)F)nc1Cl)NC(=O)CNC(=O)OC(C)(C)C. The van der Waals surface area contributed by atoms with Gasteiger partial charge in [0.2, 0.25) is 5.91 Å². The van der Waals surface area contributed by atoms with Gasteiger partial charge in [-0.05, 0) is 51.8 Å². The van der Waals surface area contributed by atoms with E-state index in [-0.39, 0.29) is 24.2 Å². The van der Waals surface area contributed by atoms with Crippen LogP contribution < -0.4 is 10.6 Å². The van der Waals surface area contributed by atoms with E-state index in [0.29, 0.717) is 0 Å². The number of nitrogens with one attached hydrogen (secondary N) is 2. The first-order chi connectivity index (χ1) is 14.1. The molecule has 0 fully saturated rings. The van der Waals surface area contributed by atoms with Gasteiger partial charge in [-0.2, -0.15) is 13.2 Å². The van der Waals surface area contributed by atoms with Crippen LogP contribution in [-0.2, 0) is 31.7 Å². The molecule has 0 spiro atoms. The van der Waals surface area contributed by atoms with Gasteiger partial charge in [-0.25, -0.2) is 14.6 Å². The van der Waals surface area contributed by atoms with Crippen LogP contribution in [0.2, 0.25) is 5.15 Å². The summed E-state index contributed by atoms with van der Waals surface area (Å²) in [4.78, 5) is 39.5. The first-order valence-electron chi connectivity index (χ1n) is 9.30. The van der Waals surface area contributed by atoms with Crippen LogP contribution in [0.1, 0.15) is 44.5 Å². The van der Waals surface area contributed by atoms with Crippen molar-refractivity contribution in [3.8, 4) is 0 Å². The van der Waals surface area contributed by atoms with Crippen LogP contribution >= 0.6 is 11.6 Å². The largest absolute Gasteiger partial charge is 0.464 e. The fraction of sp³-hybridized carbons (Fsp3) is 0.579. The van der Waals surface area contributed by atoms with E-state index in [1.165, 1.54) is 6.92 Å². The molecule has 0 saturated heterocycles. The summed E-state index contributed by atoms with van der Waals surface area (Å²) in [6.45, 7) is 7.39. The second kappa shape index (κ2) is 10.7. The van der Waals surface area contributed by atoms with Gasteiger partial charge in [-0.1, -0.05) is 11.6 Å². The number of aromatic nitrogens is 1. The number of hydrogen-bond donors (Lipinski definition) is 2. The Morgan fingerprint density at radius 1 is 1.23 bits per heavy atom. The zero-order valence-corrected chi connectivity index (χ0v) is 18.5. The lowest BCUT2D eigenvalue weighted by Crippen LogP contribution is -2.48. The van der Waals surface area contributed by atoms with E-state index in [2.05, 4.69) is 15.6 Å². The molecule has 0 saturated carbocycles. The molecule has 31 heavy (non-hydrogen) atoms.